The molecule has 5 heteroatoms. The highest BCUT2D eigenvalue weighted by molar-refractivity contribution is 8.00. The topological polar surface area (TPSA) is 23.6 Å². The summed E-state index contributed by atoms with van der Waals surface area (Å²) in [7, 11) is 2.00. The van der Waals surface area contributed by atoms with Crippen molar-refractivity contribution in [3.05, 3.63) is 53.6 Å². The monoisotopic (exact) mass is 412 g/mol. The van der Waals surface area contributed by atoms with E-state index in [0.717, 1.165) is 35.8 Å². The van der Waals surface area contributed by atoms with Crippen LogP contribution in [0.25, 0.3) is 0 Å². The number of rotatable bonds is 8. The number of nitrogens with zero attached hydrogens (tertiary/aromatic N) is 2. The Morgan fingerprint density at radius 1 is 1.21 bits per heavy atom. The predicted octanol–water partition coefficient (Wildman–Crippen LogP) is 5.89. The summed E-state index contributed by atoms with van der Waals surface area (Å²) in [5.74, 6) is 2.32. The average molecular weight is 413 g/mol. The normalized spacial score (nSPS) is 15.6. The lowest BCUT2D eigenvalue weighted by atomic mass is 10.1. The smallest absolute Gasteiger partial charge is 0.260 e. The molecule has 4 rings (SSSR count). The lowest BCUT2D eigenvalue weighted by molar-refractivity contribution is 0.0990. The highest BCUT2D eigenvalue weighted by Crippen LogP contribution is 2.36. The first kappa shape index (κ1) is 19.7. The highest BCUT2D eigenvalue weighted by atomic mass is 32.2. The van der Waals surface area contributed by atoms with Crippen LogP contribution in [0.3, 0.4) is 0 Å². The van der Waals surface area contributed by atoms with Gasteiger partial charge in [0.1, 0.15) is 0 Å². The molecule has 148 valence electrons. The van der Waals surface area contributed by atoms with Gasteiger partial charge in [0.25, 0.3) is 5.91 Å². The van der Waals surface area contributed by atoms with E-state index >= 15 is 0 Å². The first-order valence-corrected chi connectivity index (χ1v) is 12.3. The van der Waals surface area contributed by atoms with Crippen molar-refractivity contribution in [3.8, 4) is 0 Å². The molecule has 2 aliphatic rings. The Bertz CT molecular complexity index is 850. The number of thioether (sulfide) groups is 1. The number of carbonyl (C=O) groups is 1. The van der Waals surface area contributed by atoms with E-state index in [0.29, 0.717) is 0 Å². The average Bonchev–Trinajstić information content (AvgIpc) is 3.47. The number of hydrogen-bond acceptors (Lipinski definition) is 4. The van der Waals surface area contributed by atoms with Gasteiger partial charge in [-0.05, 0) is 66.8 Å². The van der Waals surface area contributed by atoms with Crippen LogP contribution in [0.1, 0.15) is 41.6 Å². The lowest BCUT2D eigenvalue weighted by Crippen LogP contribution is -2.30. The molecule has 1 aliphatic heterocycles. The lowest BCUT2D eigenvalue weighted by Gasteiger charge is -2.23. The first-order valence-electron chi connectivity index (χ1n) is 10.1. The third-order valence-electron chi connectivity index (χ3n) is 5.66. The second-order valence-corrected chi connectivity index (χ2v) is 9.71. The van der Waals surface area contributed by atoms with E-state index in [2.05, 4.69) is 18.2 Å². The van der Waals surface area contributed by atoms with Gasteiger partial charge >= 0.3 is 0 Å². The van der Waals surface area contributed by atoms with Crippen molar-refractivity contribution in [1.29, 1.82) is 0 Å². The molecule has 1 saturated carbocycles. The Morgan fingerprint density at radius 2 is 2.04 bits per heavy atom. The Balaban J connectivity index is 1.46. The molecule has 0 spiro atoms. The Labute approximate surface area is 177 Å². The van der Waals surface area contributed by atoms with Gasteiger partial charge in [0.15, 0.2) is 0 Å². The molecule has 28 heavy (non-hydrogen) atoms. The van der Waals surface area contributed by atoms with Gasteiger partial charge in [-0.3, -0.25) is 4.79 Å². The molecule has 1 fully saturated rings. The van der Waals surface area contributed by atoms with Crippen LogP contribution in [0.4, 0.5) is 11.4 Å². The molecule has 2 aromatic rings. The zero-order valence-electron chi connectivity index (χ0n) is 16.7. The molecule has 0 aromatic heterocycles. The van der Waals surface area contributed by atoms with E-state index < -0.39 is 0 Å². The molecule has 0 radical (unpaired) electrons. The molecule has 0 unspecified atom stereocenters. The fourth-order valence-corrected chi connectivity index (χ4v) is 5.11. The van der Waals surface area contributed by atoms with Gasteiger partial charge in [0, 0.05) is 30.4 Å². The maximum atomic E-state index is 13.3. The second kappa shape index (κ2) is 8.83. The summed E-state index contributed by atoms with van der Waals surface area (Å²) < 4.78 is 2.05. The maximum absolute atomic E-state index is 13.3. The van der Waals surface area contributed by atoms with Gasteiger partial charge in [-0.25, -0.2) is 0 Å². The molecule has 1 aliphatic carbocycles. The Morgan fingerprint density at radius 3 is 2.82 bits per heavy atom. The van der Waals surface area contributed by atoms with E-state index in [1.165, 1.54) is 41.9 Å². The zero-order valence-corrected chi connectivity index (χ0v) is 18.3. The van der Waals surface area contributed by atoms with Crippen molar-refractivity contribution in [1.82, 2.24) is 0 Å². The maximum Gasteiger partial charge on any atom is 0.260 e. The van der Waals surface area contributed by atoms with Gasteiger partial charge in [-0.1, -0.05) is 36.9 Å². The largest absolute Gasteiger partial charge is 0.319 e. The molecular formula is C23H28N2OS2. The summed E-state index contributed by atoms with van der Waals surface area (Å²) in [6.07, 6.45) is 8.57. The van der Waals surface area contributed by atoms with Crippen molar-refractivity contribution in [3.63, 3.8) is 0 Å². The van der Waals surface area contributed by atoms with Gasteiger partial charge in [0.2, 0.25) is 0 Å². The second-order valence-electron chi connectivity index (χ2n) is 7.63. The van der Waals surface area contributed by atoms with Crippen molar-refractivity contribution in [2.24, 2.45) is 5.92 Å². The molecule has 0 atom stereocenters. The first-order chi connectivity index (χ1) is 13.7. The molecule has 0 saturated heterocycles. The van der Waals surface area contributed by atoms with Gasteiger partial charge in [0.05, 0.1) is 11.3 Å². The number of fused-ring (bicyclic) bond motifs is 1. The Hall–Kier alpha value is -1.59. The summed E-state index contributed by atoms with van der Waals surface area (Å²) >= 11 is 3.57. The third kappa shape index (κ3) is 4.36. The molecule has 3 nitrogen and oxygen atoms in total. The summed E-state index contributed by atoms with van der Waals surface area (Å²) in [4.78, 5) is 16.6. The van der Waals surface area contributed by atoms with Crippen LogP contribution in [0.5, 0.6) is 0 Å². The predicted molar refractivity (Wildman–Crippen MR) is 123 cm³/mol. The zero-order chi connectivity index (χ0) is 19.5. The van der Waals surface area contributed by atoms with Gasteiger partial charge in [-0.2, -0.15) is 0 Å². The molecule has 0 bridgehead atoms. The SMILES string of the molecule is CSN(C)c1ccccc1C(=O)N1CCc2cc(SCCCC3CC3)ccc21. The Kier molecular flexibility index (Phi) is 6.22. The van der Waals surface area contributed by atoms with Crippen LogP contribution >= 0.6 is 23.7 Å². The number of anilines is 2. The minimum absolute atomic E-state index is 0.0973. The van der Waals surface area contributed by atoms with E-state index in [-0.39, 0.29) is 5.91 Å². The molecule has 1 heterocycles. The summed E-state index contributed by atoms with van der Waals surface area (Å²) in [5, 5.41) is 0. The van der Waals surface area contributed by atoms with Crippen molar-refractivity contribution < 1.29 is 4.79 Å². The fourth-order valence-electron chi connectivity index (χ4n) is 3.82. The number of carbonyl (C=O) groups excluding carboxylic acids is 1. The van der Waals surface area contributed by atoms with Crippen LogP contribution in [0.2, 0.25) is 0 Å². The van der Waals surface area contributed by atoms with Crippen molar-refractivity contribution in [2.45, 2.75) is 37.0 Å². The van der Waals surface area contributed by atoms with E-state index in [1.54, 1.807) is 11.9 Å². The molecule has 0 N–H and O–H groups in total. The van der Waals surface area contributed by atoms with Crippen LogP contribution in [-0.2, 0) is 6.42 Å². The molecular weight excluding hydrogens is 384 g/mol. The summed E-state index contributed by atoms with van der Waals surface area (Å²) in [6.45, 7) is 0.765. The number of para-hydroxylation sites is 1. The summed E-state index contributed by atoms with van der Waals surface area (Å²) in [5.41, 5.74) is 4.12. The minimum Gasteiger partial charge on any atom is -0.319 e. The van der Waals surface area contributed by atoms with Crippen molar-refractivity contribution >= 4 is 41.0 Å². The van der Waals surface area contributed by atoms with E-state index in [9.17, 15) is 4.79 Å². The van der Waals surface area contributed by atoms with Gasteiger partial charge in [-0.15, -0.1) is 11.8 Å². The van der Waals surface area contributed by atoms with Crippen LogP contribution in [-0.4, -0.2) is 31.5 Å². The summed E-state index contributed by atoms with van der Waals surface area (Å²) in [6, 6.07) is 14.5. The standard InChI is InChI=1S/C23H28N2OS2/c1-24(27-2)22-8-4-3-7-20(22)23(26)25-14-13-18-16-19(11-12-21(18)25)28-15-5-6-17-9-10-17/h3-4,7-8,11-12,16-17H,5-6,9-10,13-15H2,1-2H3. The van der Waals surface area contributed by atoms with Gasteiger partial charge < -0.3 is 9.21 Å². The number of hydrogen-bond donors (Lipinski definition) is 0. The third-order valence-corrected chi connectivity index (χ3v) is 7.49. The quantitative estimate of drug-likeness (QED) is 0.307. The minimum atomic E-state index is 0.0973. The van der Waals surface area contributed by atoms with Crippen LogP contribution in [0, 0.1) is 5.92 Å². The number of benzene rings is 2. The number of amides is 1. The van der Waals surface area contributed by atoms with Crippen molar-refractivity contribution in [2.75, 3.05) is 34.8 Å². The molecule has 1 amide bonds. The molecule has 2 aromatic carbocycles. The fraction of sp³-hybridized carbons (Fsp3) is 0.435. The highest BCUT2D eigenvalue weighted by Gasteiger charge is 2.28. The van der Waals surface area contributed by atoms with Crippen LogP contribution in [0.15, 0.2) is 47.4 Å². The van der Waals surface area contributed by atoms with Crippen LogP contribution < -0.4 is 9.21 Å². The van der Waals surface area contributed by atoms with E-state index in [4.69, 9.17) is 0 Å². The van der Waals surface area contributed by atoms with E-state index in [1.807, 2.05) is 58.5 Å².